The molecule has 1 aromatic heterocycles. The van der Waals surface area contributed by atoms with Crippen molar-refractivity contribution in [1.82, 2.24) is 10.3 Å². The van der Waals surface area contributed by atoms with Gasteiger partial charge in [-0.15, -0.1) is 0 Å². The highest BCUT2D eigenvalue weighted by Gasteiger charge is 2.24. The zero-order chi connectivity index (χ0) is 21.9. The fraction of sp³-hybridized carbons (Fsp3) is 0.310. The van der Waals surface area contributed by atoms with Crippen molar-refractivity contribution in [3.8, 4) is 11.8 Å². The molecule has 2 heteroatoms. The Hall–Kier alpha value is -3.02. The minimum Gasteiger partial charge on any atom is -0.361 e. The summed E-state index contributed by atoms with van der Waals surface area (Å²) in [7, 11) is 2.01. The van der Waals surface area contributed by atoms with Gasteiger partial charge in [0.05, 0.1) is 5.41 Å². The lowest BCUT2D eigenvalue weighted by Crippen LogP contribution is -2.17. The van der Waals surface area contributed by atoms with Gasteiger partial charge in [0.25, 0.3) is 0 Å². The highest BCUT2D eigenvalue weighted by Crippen LogP contribution is 2.31. The van der Waals surface area contributed by atoms with Crippen LogP contribution in [0.2, 0.25) is 0 Å². The van der Waals surface area contributed by atoms with Crippen molar-refractivity contribution in [3.63, 3.8) is 0 Å². The van der Waals surface area contributed by atoms with Crippen molar-refractivity contribution >= 4 is 6.08 Å². The first-order valence-corrected chi connectivity index (χ1v) is 11.2. The molecule has 2 nitrogen and oxygen atoms in total. The third-order valence-electron chi connectivity index (χ3n) is 5.50. The van der Waals surface area contributed by atoms with Crippen molar-refractivity contribution in [2.45, 2.75) is 33.1 Å². The number of nitrogens with one attached hydrogen (secondary N) is 2. The monoisotopic (exact) mass is 410 g/mol. The fourth-order valence-corrected chi connectivity index (χ4v) is 3.85. The van der Waals surface area contributed by atoms with Gasteiger partial charge in [-0.25, -0.2) is 0 Å². The molecular formula is C29H34N2. The smallest absolute Gasteiger partial charge is 0.0514 e. The molecule has 2 aliphatic carbocycles. The molecule has 0 amide bonds. The number of benzene rings is 1. The summed E-state index contributed by atoms with van der Waals surface area (Å²) in [6.45, 7) is 5.56. The van der Waals surface area contributed by atoms with Crippen molar-refractivity contribution < 1.29 is 0 Å². The Bertz CT molecular complexity index is 1010. The van der Waals surface area contributed by atoms with Crippen LogP contribution < -0.4 is 5.32 Å². The number of hydrogen-bond donors (Lipinski definition) is 2. The predicted molar refractivity (Wildman–Crippen MR) is 134 cm³/mol. The zero-order valence-electron chi connectivity index (χ0n) is 19.0. The summed E-state index contributed by atoms with van der Waals surface area (Å²) in [6.07, 6.45) is 20.6. The van der Waals surface area contributed by atoms with Crippen LogP contribution in [0.4, 0.5) is 0 Å². The van der Waals surface area contributed by atoms with E-state index in [-0.39, 0.29) is 5.41 Å². The molecule has 160 valence electrons. The number of allylic oxidation sites excluding steroid dienone is 7. The van der Waals surface area contributed by atoms with E-state index in [1.807, 2.05) is 43.6 Å². The molecule has 2 N–H and O–H groups in total. The van der Waals surface area contributed by atoms with Crippen LogP contribution in [-0.2, 0) is 6.42 Å². The van der Waals surface area contributed by atoms with Gasteiger partial charge in [-0.1, -0.05) is 73.4 Å². The number of fused-ring (bicyclic) bond motifs is 1. The molecule has 0 saturated heterocycles. The number of aromatic nitrogens is 1. The fourth-order valence-electron chi connectivity index (χ4n) is 3.85. The Labute approximate surface area is 187 Å². The maximum atomic E-state index is 3.39. The Morgan fingerprint density at radius 1 is 1.13 bits per heavy atom. The molecule has 0 saturated carbocycles. The maximum Gasteiger partial charge on any atom is 0.0514 e. The van der Waals surface area contributed by atoms with Crippen LogP contribution >= 0.6 is 0 Å². The highest BCUT2D eigenvalue weighted by molar-refractivity contribution is 5.56. The minimum atomic E-state index is -0.0644. The largest absolute Gasteiger partial charge is 0.361 e. The molecule has 0 radical (unpaired) electrons. The van der Waals surface area contributed by atoms with Crippen LogP contribution in [0.25, 0.3) is 6.08 Å². The lowest BCUT2D eigenvalue weighted by atomic mass is 9.80. The molecule has 1 aromatic carbocycles. The lowest BCUT2D eigenvalue weighted by Gasteiger charge is -2.22. The van der Waals surface area contributed by atoms with E-state index in [0.717, 1.165) is 24.9 Å². The quantitative estimate of drug-likeness (QED) is 0.567. The van der Waals surface area contributed by atoms with Crippen molar-refractivity contribution in [2.24, 2.45) is 11.3 Å². The van der Waals surface area contributed by atoms with Crippen LogP contribution in [-0.4, -0.2) is 18.6 Å². The van der Waals surface area contributed by atoms with Crippen LogP contribution in [0.3, 0.4) is 0 Å². The van der Waals surface area contributed by atoms with Gasteiger partial charge < -0.3 is 10.3 Å². The van der Waals surface area contributed by atoms with E-state index in [0.29, 0.717) is 5.92 Å². The Morgan fingerprint density at radius 3 is 2.77 bits per heavy atom. The molecule has 2 aromatic rings. The molecule has 0 bridgehead atoms. The standard InChI is InChI=1S/C17H15N.C12H19N/c1-17(10-7-14-5-3-2-4-6-14)11-8-16-15(13-17)9-12-18-16;1-11(10-13-2)9-12-7-5-3-4-6-8-12/h2-6,8-9,11-12,18H,13H2,1H3;3,5-8,11,13H,4,9-10H2,1-2H3. The first-order valence-electron chi connectivity index (χ1n) is 11.2. The summed E-state index contributed by atoms with van der Waals surface area (Å²) in [6, 6.07) is 12.3. The Morgan fingerprint density at radius 2 is 1.97 bits per heavy atom. The summed E-state index contributed by atoms with van der Waals surface area (Å²) in [5.41, 5.74) is 5.02. The maximum absolute atomic E-state index is 3.39. The van der Waals surface area contributed by atoms with Gasteiger partial charge in [-0.3, -0.25) is 0 Å². The van der Waals surface area contributed by atoms with E-state index in [1.165, 1.54) is 23.3 Å². The predicted octanol–water partition coefficient (Wildman–Crippen LogP) is 6.32. The van der Waals surface area contributed by atoms with E-state index in [9.17, 15) is 0 Å². The van der Waals surface area contributed by atoms with E-state index >= 15 is 0 Å². The number of hydrogen-bond acceptors (Lipinski definition) is 1. The number of H-pyrrole nitrogens is 1. The van der Waals surface area contributed by atoms with Gasteiger partial charge in [0, 0.05) is 17.5 Å². The van der Waals surface area contributed by atoms with Gasteiger partial charge in [-0.05, 0) is 81.1 Å². The van der Waals surface area contributed by atoms with Gasteiger partial charge in [-0.2, -0.15) is 0 Å². The third kappa shape index (κ3) is 7.31. The minimum absolute atomic E-state index is 0.0644. The molecule has 0 fully saturated rings. The van der Waals surface area contributed by atoms with Crippen molar-refractivity contribution in [3.05, 3.63) is 101 Å². The molecular weight excluding hydrogens is 376 g/mol. The van der Waals surface area contributed by atoms with Gasteiger partial charge >= 0.3 is 0 Å². The third-order valence-corrected chi connectivity index (χ3v) is 5.50. The van der Waals surface area contributed by atoms with Crippen molar-refractivity contribution in [1.29, 1.82) is 0 Å². The van der Waals surface area contributed by atoms with Crippen molar-refractivity contribution in [2.75, 3.05) is 13.6 Å². The Kier molecular flexibility index (Phi) is 8.33. The van der Waals surface area contributed by atoms with E-state index in [2.05, 4.69) is 84.6 Å². The van der Waals surface area contributed by atoms with Crippen LogP contribution in [0.1, 0.15) is 43.5 Å². The topological polar surface area (TPSA) is 27.8 Å². The number of rotatable bonds is 4. The first kappa shape index (κ1) is 22.7. The molecule has 2 unspecified atom stereocenters. The highest BCUT2D eigenvalue weighted by atomic mass is 14.8. The molecule has 2 aliphatic rings. The van der Waals surface area contributed by atoms with Gasteiger partial charge in [0.2, 0.25) is 0 Å². The summed E-state index contributed by atoms with van der Waals surface area (Å²) in [5, 5.41) is 3.20. The average Bonchev–Trinajstić information content (AvgIpc) is 3.08. The van der Waals surface area contributed by atoms with Crippen LogP contribution in [0.5, 0.6) is 0 Å². The SMILES string of the molecule is CC1(C#Cc2ccccc2)C=Cc2[nH]ccc2C1.CNCC(C)CC1=CC=CCC=C1. The van der Waals surface area contributed by atoms with Gasteiger partial charge in [0.1, 0.15) is 0 Å². The Balaban J connectivity index is 0.000000187. The molecule has 2 atom stereocenters. The van der Waals surface area contributed by atoms with E-state index in [4.69, 9.17) is 0 Å². The summed E-state index contributed by atoms with van der Waals surface area (Å²) in [5.74, 6) is 7.38. The summed E-state index contributed by atoms with van der Waals surface area (Å²) in [4.78, 5) is 3.23. The average molecular weight is 411 g/mol. The van der Waals surface area contributed by atoms with Gasteiger partial charge in [0.15, 0.2) is 0 Å². The second kappa shape index (κ2) is 11.4. The first-order chi connectivity index (χ1) is 15.1. The summed E-state index contributed by atoms with van der Waals surface area (Å²) >= 11 is 0. The molecule has 4 rings (SSSR count). The normalized spacial score (nSPS) is 19.8. The lowest BCUT2D eigenvalue weighted by molar-refractivity contribution is 0.543. The zero-order valence-corrected chi connectivity index (χ0v) is 19.0. The molecule has 0 aliphatic heterocycles. The molecule has 0 spiro atoms. The number of aromatic amines is 1. The second-order valence-corrected chi connectivity index (χ2v) is 8.63. The van der Waals surface area contributed by atoms with Crippen LogP contribution in [0.15, 0.2) is 84.6 Å². The second-order valence-electron chi connectivity index (χ2n) is 8.63. The molecule has 1 heterocycles. The van der Waals surface area contributed by atoms with E-state index < -0.39 is 0 Å². The van der Waals surface area contributed by atoms with Crippen LogP contribution in [0, 0.1) is 23.2 Å². The molecule has 31 heavy (non-hydrogen) atoms. The summed E-state index contributed by atoms with van der Waals surface area (Å²) < 4.78 is 0. The van der Waals surface area contributed by atoms with E-state index in [1.54, 1.807) is 0 Å².